The maximum Gasteiger partial charge on any atom is 0.470 e. The predicted octanol–water partition coefficient (Wildman–Crippen LogP) is 2.38. The number of nitrogens with one attached hydrogen (secondary N) is 1. The molecule has 1 aromatic heterocycles. The summed E-state index contributed by atoms with van der Waals surface area (Å²) in [4.78, 5) is 71.9. The summed E-state index contributed by atoms with van der Waals surface area (Å²) in [5.41, 5.74) is -4.68. The number of aromatic nitrogens is 2. The molecular weight excluding hydrogens is 467 g/mol. The fraction of sp³-hybridized carbons (Fsp3) is 0.727. The minimum atomic E-state index is -5.17. The number of rotatable bonds is 8. The molecule has 12 heteroatoms. The van der Waals surface area contributed by atoms with Crippen molar-refractivity contribution >= 4 is 19.4 Å². The maximum absolute atomic E-state index is 13.0. The van der Waals surface area contributed by atoms with Crippen LogP contribution in [0.3, 0.4) is 0 Å². The van der Waals surface area contributed by atoms with Gasteiger partial charge in [0.15, 0.2) is 0 Å². The van der Waals surface area contributed by atoms with Crippen molar-refractivity contribution in [1.82, 2.24) is 9.55 Å². The number of H-pyrrole nitrogens is 1. The molecule has 0 bridgehead atoms. The van der Waals surface area contributed by atoms with E-state index in [4.69, 9.17) is 9.26 Å². The molecule has 0 saturated carbocycles. The number of aryl methyl sites for hydroxylation is 1. The zero-order chi connectivity index (χ0) is 26.3. The average Bonchev–Trinajstić information content (AvgIpc) is 3.12. The van der Waals surface area contributed by atoms with E-state index in [9.17, 15) is 33.5 Å². The first kappa shape index (κ1) is 28.3. The van der Waals surface area contributed by atoms with Crippen LogP contribution in [0.4, 0.5) is 0 Å². The van der Waals surface area contributed by atoms with E-state index in [0.717, 1.165) is 0 Å². The molecule has 0 radical (unpaired) electrons. The van der Waals surface area contributed by atoms with Crippen LogP contribution in [0.5, 0.6) is 0 Å². The summed E-state index contributed by atoms with van der Waals surface area (Å²) in [6, 6.07) is 0. The number of carbonyl (C=O) groups is 2. The predicted molar refractivity (Wildman–Crippen MR) is 123 cm³/mol. The van der Waals surface area contributed by atoms with E-state index in [-0.39, 0.29) is 30.0 Å². The Kier molecular flexibility index (Phi) is 8.02. The van der Waals surface area contributed by atoms with Crippen LogP contribution in [0.2, 0.25) is 0 Å². The quantitative estimate of drug-likeness (QED) is 0.453. The van der Waals surface area contributed by atoms with E-state index >= 15 is 0 Å². The molecule has 0 aromatic carbocycles. The van der Waals surface area contributed by atoms with Crippen LogP contribution in [0.15, 0.2) is 15.8 Å². The number of phosphoric ester groups is 1. The highest BCUT2D eigenvalue weighted by Crippen LogP contribution is 2.50. The van der Waals surface area contributed by atoms with Gasteiger partial charge in [0.05, 0.1) is 6.10 Å². The standard InChI is InChI=1S/C22H35N2O9P/c1-13-12-24(19(28)23-18(13)27)17-9-8-16(32-17)22(33-34(29,30)31,10-14(25)20(2,3)4)11-15(26)21(5,6)7/h12,16-17H,8-11H2,1-7H3,(H,23,27,28)(H2,29,30,31). The van der Waals surface area contributed by atoms with Crippen molar-refractivity contribution in [3.8, 4) is 0 Å². The summed E-state index contributed by atoms with van der Waals surface area (Å²) in [7, 11) is -5.17. The molecular formula is C22H35N2O9P. The van der Waals surface area contributed by atoms with Crippen LogP contribution in [0.1, 0.15) is 79.0 Å². The van der Waals surface area contributed by atoms with E-state index in [2.05, 4.69) is 4.98 Å². The SMILES string of the molecule is Cc1cn(C2CCC(C(CC(=O)C(C)(C)C)(CC(=O)C(C)(C)C)OP(=O)(O)O)O2)c(=O)[nH]c1=O. The van der Waals surface area contributed by atoms with Crippen LogP contribution in [-0.2, 0) is 23.4 Å². The van der Waals surface area contributed by atoms with Crippen molar-refractivity contribution < 1.29 is 33.2 Å². The monoisotopic (exact) mass is 502 g/mol. The Morgan fingerprint density at radius 3 is 2.03 bits per heavy atom. The summed E-state index contributed by atoms with van der Waals surface area (Å²) < 4.78 is 24.5. The first-order chi connectivity index (χ1) is 15.2. The van der Waals surface area contributed by atoms with E-state index in [1.807, 2.05) is 0 Å². The highest BCUT2D eigenvalue weighted by molar-refractivity contribution is 7.46. The summed E-state index contributed by atoms with van der Waals surface area (Å²) in [5, 5.41) is 0. The van der Waals surface area contributed by atoms with Crippen LogP contribution >= 0.6 is 7.82 Å². The molecule has 2 unspecified atom stereocenters. The third kappa shape index (κ3) is 6.82. The summed E-state index contributed by atoms with van der Waals surface area (Å²) in [6.45, 7) is 11.5. The lowest BCUT2D eigenvalue weighted by Crippen LogP contribution is -2.50. The van der Waals surface area contributed by atoms with E-state index in [1.165, 1.54) is 17.7 Å². The number of hydrogen-bond donors (Lipinski definition) is 3. The van der Waals surface area contributed by atoms with Crippen molar-refractivity contribution in [3.05, 3.63) is 32.6 Å². The Morgan fingerprint density at radius 2 is 1.59 bits per heavy atom. The van der Waals surface area contributed by atoms with Crippen molar-refractivity contribution in [3.63, 3.8) is 0 Å². The van der Waals surface area contributed by atoms with E-state index < -0.39 is 60.7 Å². The van der Waals surface area contributed by atoms with Crippen molar-refractivity contribution in [2.75, 3.05) is 0 Å². The van der Waals surface area contributed by atoms with E-state index in [0.29, 0.717) is 0 Å². The van der Waals surface area contributed by atoms with Crippen molar-refractivity contribution in [1.29, 1.82) is 0 Å². The van der Waals surface area contributed by atoms with Gasteiger partial charge in [-0.15, -0.1) is 0 Å². The Bertz CT molecular complexity index is 1070. The number of hydrogen-bond acceptors (Lipinski definition) is 7. The molecule has 1 saturated heterocycles. The van der Waals surface area contributed by atoms with Gasteiger partial charge in [0, 0.05) is 35.4 Å². The van der Waals surface area contributed by atoms with Crippen molar-refractivity contribution in [2.24, 2.45) is 10.8 Å². The number of carbonyl (C=O) groups excluding carboxylic acids is 2. The van der Waals surface area contributed by atoms with Gasteiger partial charge in [-0.25, -0.2) is 9.36 Å². The molecule has 1 aliphatic heterocycles. The lowest BCUT2D eigenvalue weighted by atomic mass is 9.75. The van der Waals surface area contributed by atoms with Gasteiger partial charge in [-0.3, -0.25) is 28.5 Å². The maximum atomic E-state index is 13.0. The van der Waals surface area contributed by atoms with Crippen LogP contribution in [0.25, 0.3) is 0 Å². The number of Topliss-reactive ketones (excluding diaryl/α,β-unsaturated/α-hetero) is 2. The van der Waals surface area contributed by atoms with Gasteiger partial charge >= 0.3 is 13.5 Å². The van der Waals surface area contributed by atoms with E-state index in [1.54, 1.807) is 41.5 Å². The first-order valence-electron chi connectivity index (χ1n) is 11.1. The van der Waals surface area contributed by atoms with Gasteiger partial charge in [-0.2, -0.15) is 0 Å². The molecule has 0 spiro atoms. The summed E-state index contributed by atoms with van der Waals surface area (Å²) in [6.07, 6.45) is -1.19. The second-order valence-corrected chi connectivity index (χ2v) is 12.1. The second-order valence-electron chi connectivity index (χ2n) is 11.0. The topological polar surface area (TPSA) is 165 Å². The molecule has 1 aliphatic rings. The lowest BCUT2D eigenvalue weighted by molar-refractivity contribution is -0.153. The third-order valence-corrected chi connectivity index (χ3v) is 6.53. The molecule has 3 N–H and O–H groups in total. The highest BCUT2D eigenvalue weighted by atomic mass is 31.2. The normalized spacial score (nSPS) is 19.9. The molecule has 2 heterocycles. The molecule has 2 rings (SSSR count). The Hall–Kier alpha value is -1.91. The number of ketones is 2. The fourth-order valence-electron chi connectivity index (χ4n) is 3.74. The summed E-state index contributed by atoms with van der Waals surface area (Å²) in [5.74, 6) is -0.737. The average molecular weight is 503 g/mol. The van der Waals surface area contributed by atoms with Crippen molar-refractivity contribution in [2.45, 2.75) is 92.1 Å². The van der Waals surface area contributed by atoms with Crippen LogP contribution in [-0.4, -0.2) is 42.6 Å². The first-order valence-corrected chi connectivity index (χ1v) is 12.6. The van der Waals surface area contributed by atoms with Gasteiger partial charge in [-0.05, 0) is 19.8 Å². The zero-order valence-corrected chi connectivity index (χ0v) is 21.6. The number of nitrogens with zero attached hydrogens (tertiary/aromatic N) is 1. The van der Waals surface area contributed by atoms with Gasteiger partial charge in [-0.1, -0.05) is 41.5 Å². The third-order valence-electron chi connectivity index (χ3n) is 5.93. The van der Waals surface area contributed by atoms with Gasteiger partial charge in [0.25, 0.3) is 5.56 Å². The van der Waals surface area contributed by atoms with Crippen LogP contribution < -0.4 is 11.2 Å². The molecule has 34 heavy (non-hydrogen) atoms. The second kappa shape index (κ2) is 9.62. The molecule has 0 aliphatic carbocycles. The minimum absolute atomic E-state index is 0.157. The number of ether oxygens (including phenoxy) is 1. The molecule has 0 amide bonds. The molecule has 1 aromatic rings. The Balaban J connectivity index is 2.56. The fourth-order valence-corrected chi connectivity index (χ4v) is 4.46. The molecule has 1 fully saturated rings. The summed E-state index contributed by atoms with van der Waals surface area (Å²) >= 11 is 0. The highest BCUT2D eigenvalue weighted by Gasteiger charge is 2.53. The largest absolute Gasteiger partial charge is 0.470 e. The Labute approximate surface area is 198 Å². The Morgan fingerprint density at radius 1 is 1.09 bits per heavy atom. The van der Waals surface area contributed by atoms with Gasteiger partial charge in [0.1, 0.15) is 23.4 Å². The van der Waals surface area contributed by atoms with Gasteiger partial charge in [0.2, 0.25) is 0 Å². The smallest absolute Gasteiger partial charge is 0.352 e. The number of aromatic amines is 1. The molecule has 11 nitrogen and oxygen atoms in total. The number of phosphoric acid groups is 1. The minimum Gasteiger partial charge on any atom is -0.352 e. The molecule has 192 valence electrons. The zero-order valence-electron chi connectivity index (χ0n) is 20.7. The lowest BCUT2D eigenvalue weighted by Gasteiger charge is -2.40. The van der Waals surface area contributed by atoms with Crippen LogP contribution in [0, 0.1) is 17.8 Å². The molecule has 2 atom stereocenters. The van der Waals surface area contributed by atoms with Gasteiger partial charge < -0.3 is 14.5 Å².